The standard InChI is InChI=1S/C24H23N5O3S/c1-31-16-7-8-21(32-2)17(12-16)20-13-29-15(14-33-24(29)28-20)11-23(30)25-10-9-22-26-18-5-3-4-6-19(18)27-22/h3-8,12-14H,9-11H2,1-2H3,(H,25,30)(H,26,27). The fraction of sp³-hybridized carbons (Fsp3) is 0.208. The van der Waals surface area contributed by atoms with Gasteiger partial charge in [0.05, 0.1) is 37.4 Å². The number of ether oxygens (including phenoxy) is 2. The Morgan fingerprint density at radius 3 is 2.85 bits per heavy atom. The molecule has 33 heavy (non-hydrogen) atoms. The molecular formula is C24H23N5O3S. The van der Waals surface area contributed by atoms with Crippen LogP contribution in [0.3, 0.4) is 0 Å². The molecule has 2 N–H and O–H groups in total. The normalized spacial score (nSPS) is 11.2. The summed E-state index contributed by atoms with van der Waals surface area (Å²) in [6.07, 6.45) is 2.84. The molecule has 0 aliphatic rings. The van der Waals surface area contributed by atoms with Crippen molar-refractivity contribution in [1.82, 2.24) is 24.7 Å². The van der Waals surface area contributed by atoms with Gasteiger partial charge in [0.2, 0.25) is 5.91 Å². The van der Waals surface area contributed by atoms with Gasteiger partial charge in [-0.25, -0.2) is 9.97 Å². The number of amides is 1. The van der Waals surface area contributed by atoms with Crippen LogP contribution in [0.15, 0.2) is 54.0 Å². The predicted molar refractivity (Wildman–Crippen MR) is 128 cm³/mol. The number of H-pyrrole nitrogens is 1. The minimum Gasteiger partial charge on any atom is -0.497 e. The maximum atomic E-state index is 12.6. The molecule has 2 aromatic carbocycles. The lowest BCUT2D eigenvalue weighted by Gasteiger charge is -2.08. The van der Waals surface area contributed by atoms with Crippen LogP contribution in [0.4, 0.5) is 0 Å². The van der Waals surface area contributed by atoms with Gasteiger partial charge in [0.15, 0.2) is 4.96 Å². The molecule has 0 atom stereocenters. The molecule has 0 aliphatic carbocycles. The molecule has 9 heteroatoms. The molecule has 3 aromatic heterocycles. The summed E-state index contributed by atoms with van der Waals surface area (Å²) >= 11 is 1.50. The van der Waals surface area contributed by atoms with E-state index in [0.29, 0.717) is 18.7 Å². The van der Waals surface area contributed by atoms with Crippen molar-refractivity contribution in [3.05, 3.63) is 65.6 Å². The molecule has 0 unspecified atom stereocenters. The van der Waals surface area contributed by atoms with E-state index in [1.165, 1.54) is 11.3 Å². The minimum atomic E-state index is -0.0416. The maximum Gasteiger partial charge on any atom is 0.225 e. The van der Waals surface area contributed by atoms with E-state index in [2.05, 4.69) is 15.3 Å². The van der Waals surface area contributed by atoms with E-state index < -0.39 is 0 Å². The lowest BCUT2D eigenvalue weighted by atomic mass is 10.1. The minimum absolute atomic E-state index is 0.0416. The number of methoxy groups -OCH3 is 2. The summed E-state index contributed by atoms with van der Waals surface area (Å²) in [5.74, 6) is 2.26. The topological polar surface area (TPSA) is 93.5 Å². The number of nitrogens with one attached hydrogen (secondary N) is 2. The summed E-state index contributed by atoms with van der Waals surface area (Å²) in [7, 11) is 3.26. The van der Waals surface area contributed by atoms with Gasteiger partial charge in [0.1, 0.15) is 17.3 Å². The number of hydrogen-bond donors (Lipinski definition) is 2. The zero-order chi connectivity index (χ0) is 22.8. The van der Waals surface area contributed by atoms with Gasteiger partial charge in [-0.1, -0.05) is 12.1 Å². The number of fused-ring (bicyclic) bond motifs is 2. The van der Waals surface area contributed by atoms with Crippen LogP contribution < -0.4 is 14.8 Å². The first-order valence-electron chi connectivity index (χ1n) is 10.5. The number of para-hydroxylation sites is 2. The summed E-state index contributed by atoms with van der Waals surface area (Å²) in [4.78, 5) is 25.9. The Morgan fingerprint density at radius 1 is 1.15 bits per heavy atom. The first-order chi connectivity index (χ1) is 16.1. The van der Waals surface area contributed by atoms with Crippen molar-refractivity contribution in [3.63, 3.8) is 0 Å². The number of nitrogens with zero attached hydrogens (tertiary/aromatic N) is 3. The highest BCUT2D eigenvalue weighted by Crippen LogP contribution is 2.34. The Bertz CT molecular complexity index is 1400. The number of imidazole rings is 2. The molecule has 168 valence electrons. The van der Waals surface area contributed by atoms with Crippen molar-refractivity contribution in [2.45, 2.75) is 12.8 Å². The maximum absolute atomic E-state index is 12.6. The second-order valence-electron chi connectivity index (χ2n) is 7.55. The van der Waals surface area contributed by atoms with Crippen LogP contribution >= 0.6 is 11.3 Å². The Hall–Kier alpha value is -3.85. The summed E-state index contributed by atoms with van der Waals surface area (Å²) in [6, 6.07) is 13.5. The van der Waals surface area contributed by atoms with Gasteiger partial charge in [-0.15, -0.1) is 11.3 Å². The van der Waals surface area contributed by atoms with Crippen molar-refractivity contribution in [2.75, 3.05) is 20.8 Å². The van der Waals surface area contributed by atoms with Crippen LogP contribution in [0, 0.1) is 0 Å². The molecule has 0 radical (unpaired) electrons. The number of aromatic nitrogens is 4. The summed E-state index contributed by atoms with van der Waals surface area (Å²) in [5, 5.41) is 4.95. The van der Waals surface area contributed by atoms with E-state index in [0.717, 1.165) is 44.5 Å². The van der Waals surface area contributed by atoms with Crippen molar-refractivity contribution in [1.29, 1.82) is 0 Å². The highest BCUT2D eigenvalue weighted by molar-refractivity contribution is 7.15. The molecule has 8 nitrogen and oxygen atoms in total. The van der Waals surface area contributed by atoms with Gasteiger partial charge in [-0.3, -0.25) is 9.20 Å². The van der Waals surface area contributed by atoms with E-state index in [-0.39, 0.29) is 12.3 Å². The number of thiazole rings is 1. The van der Waals surface area contributed by atoms with Crippen LogP contribution in [0.1, 0.15) is 11.5 Å². The molecule has 5 rings (SSSR count). The van der Waals surface area contributed by atoms with E-state index in [4.69, 9.17) is 14.5 Å². The largest absolute Gasteiger partial charge is 0.497 e. The highest BCUT2D eigenvalue weighted by Gasteiger charge is 2.16. The lowest BCUT2D eigenvalue weighted by molar-refractivity contribution is -0.120. The number of rotatable bonds is 8. The van der Waals surface area contributed by atoms with E-state index >= 15 is 0 Å². The van der Waals surface area contributed by atoms with Crippen LogP contribution in [0.25, 0.3) is 27.3 Å². The summed E-state index contributed by atoms with van der Waals surface area (Å²) in [6.45, 7) is 0.516. The van der Waals surface area contributed by atoms with Crippen molar-refractivity contribution >= 4 is 33.2 Å². The van der Waals surface area contributed by atoms with Crippen LogP contribution in [0.2, 0.25) is 0 Å². The molecule has 1 amide bonds. The van der Waals surface area contributed by atoms with Crippen LogP contribution in [0.5, 0.6) is 11.5 Å². The zero-order valence-electron chi connectivity index (χ0n) is 18.3. The zero-order valence-corrected chi connectivity index (χ0v) is 19.1. The third kappa shape index (κ3) is 4.27. The molecule has 5 aromatic rings. The lowest BCUT2D eigenvalue weighted by Crippen LogP contribution is -2.27. The number of benzene rings is 2. The average molecular weight is 462 g/mol. The number of carbonyl (C=O) groups is 1. The van der Waals surface area contributed by atoms with Gasteiger partial charge in [0, 0.05) is 35.8 Å². The monoisotopic (exact) mass is 461 g/mol. The van der Waals surface area contributed by atoms with Crippen LogP contribution in [-0.2, 0) is 17.6 Å². The van der Waals surface area contributed by atoms with Crippen molar-refractivity contribution in [2.24, 2.45) is 0 Å². The van der Waals surface area contributed by atoms with Crippen LogP contribution in [-0.4, -0.2) is 46.0 Å². The molecule has 0 saturated carbocycles. The predicted octanol–water partition coefficient (Wildman–Crippen LogP) is 3.86. The van der Waals surface area contributed by atoms with Gasteiger partial charge in [0.25, 0.3) is 0 Å². The Morgan fingerprint density at radius 2 is 2.03 bits per heavy atom. The average Bonchev–Trinajstić information content (AvgIpc) is 3.53. The van der Waals surface area contributed by atoms with E-state index in [1.807, 2.05) is 58.4 Å². The quantitative estimate of drug-likeness (QED) is 0.366. The van der Waals surface area contributed by atoms with Gasteiger partial charge >= 0.3 is 0 Å². The molecule has 0 bridgehead atoms. The molecule has 3 heterocycles. The number of hydrogen-bond acceptors (Lipinski definition) is 6. The SMILES string of the molecule is COc1ccc(OC)c(-c2cn3c(CC(=O)NCCc4nc5ccccc5[nH]4)csc3n2)c1. The molecule has 0 aliphatic heterocycles. The first-order valence-corrected chi connectivity index (χ1v) is 11.4. The van der Waals surface area contributed by atoms with Gasteiger partial charge in [-0.2, -0.15) is 0 Å². The molecule has 0 saturated heterocycles. The first kappa shape index (κ1) is 21.0. The summed E-state index contributed by atoms with van der Waals surface area (Å²) in [5.41, 5.74) is 4.43. The second-order valence-corrected chi connectivity index (χ2v) is 8.39. The smallest absolute Gasteiger partial charge is 0.225 e. The third-order valence-electron chi connectivity index (χ3n) is 5.43. The second kappa shape index (κ2) is 8.95. The summed E-state index contributed by atoms with van der Waals surface area (Å²) < 4.78 is 12.8. The van der Waals surface area contributed by atoms with E-state index in [9.17, 15) is 4.79 Å². The Balaban J connectivity index is 1.26. The fourth-order valence-corrected chi connectivity index (χ4v) is 4.64. The number of carbonyl (C=O) groups excluding carboxylic acids is 1. The Labute approximate surface area is 194 Å². The van der Waals surface area contributed by atoms with Gasteiger partial charge in [-0.05, 0) is 30.3 Å². The van der Waals surface area contributed by atoms with Crippen molar-refractivity contribution in [3.8, 4) is 22.8 Å². The fourth-order valence-electron chi connectivity index (χ4n) is 3.77. The third-order valence-corrected chi connectivity index (χ3v) is 6.32. The van der Waals surface area contributed by atoms with Crippen molar-refractivity contribution < 1.29 is 14.3 Å². The number of aromatic amines is 1. The van der Waals surface area contributed by atoms with E-state index in [1.54, 1.807) is 14.2 Å². The molecular weight excluding hydrogens is 438 g/mol. The highest BCUT2D eigenvalue weighted by atomic mass is 32.1. The molecule has 0 fully saturated rings. The Kier molecular flexibility index (Phi) is 5.70. The van der Waals surface area contributed by atoms with Gasteiger partial charge < -0.3 is 19.8 Å². The molecule has 0 spiro atoms.